The Labute approximate surface area is 97.6 Å². The van der Waals surface area contributed by atoms with E-state index >= 15 is 0 Å². The number of hydrogen-bond donors (Lipinski definition) is 2. The lowest BCUT2D eigenvalue weighted by Gasteiger charge is -2.19. The summed E-state index contributed by atoms with van der Waals surface area (Å²) in [5.41, 5.74) is 0.156. The SMILES string of the molecule is O=C(O)C(O)C1(c2ccc3c(c2)OCO3)CC1. The predicted octanol–water partition coefficient (Wildman–Crippen LogP) is 0.892. The van der Waals surface area contributed by atoms with E-state index in [4.69, 9.17) is 14.6 Å². The highest BCUT2D eigenvalue weighted by atomic mass is 16.7. The zero-order valence-electron chi connectivity index (χ0n) is 9.05. The van der Waals surface area contributed by atoms with Gasteiger partial charge < -0.3 is 19.7 Å². The standard InChI is InChI=1S/C12H12O5/c13-10(11(14)15)12(3-4-12)7-1-2-8-9(5-7)17-6-16-8/h1-2,5,10,13H,3-4,6H2,(H,14,15). The van der Waals surface area contributed by atoms with Gasteiger partial charge in [-0.3, -0.25) is 0 Å². The molecule has 0 saturated heterocycles. The highest BCUT2D eigenvalue weighted by molar-refractivity contribution is 5.76. The number of aliphatic hydroxyl groups is 1. The molecule has 5 heteroatoms. The second kappa shape index (κ2) is 3.37. The van der Waals surface area contributed by atoms with E-state index in [1.54, 1.807) is 18.2 Å². The lowest BCUT2D eigenvalue weighted by atomic mass is 9.89. The molecule has 1 aromatic rings. The van der Waals surface area contributed by atoms with Crippen LogP contribution in [-0.2, 0) is 10.2 Å². The molecule has 1 aliphatic heterocycles. The van der Waals surface area contributed by atoms with Crippen LogP contribution in [0.2, 0.25) is 0 Å². The summed E-state index contributed by atoms with van der Waals surface area (Å²) < 4.78 is 10.4. The number of carbonyl (C=O) groups is 1. The molecule has 5 nitrogen and oxygen atoms in total. The number of fused-ring (bicyclic) bond motifs is 1. The smallest absolute Gasteiger partial charge is 0.333 e. The van der Waals surface area contributed by atoms with E-state index in [2.05, 4.69) is 0 Å². The van der Waals surface area contributed by atoms with Crippen molar-refractivity contribution in [3.05, 3.63) is 23.8 Å². The van der Waals surface area contributed by atoms with Crippen LogP contribution < -0.4 is 9.47 Å². The molecule has 1 saturated carbocycles. The van der Waals surface area contributed by atoms with Gasteiger partial charge in [-0.1, -0.05) is 6.07 Å². The minimum atomic E-state index is -1.36. The van der Waals surface area contributed by atoms with Gasteiger partial charge in [-0.15, -0.1) is 0 Å². The molecule has 0 aromatic heterocycles. The second-order valence-corrected chi connectivity index (χ2v) is 4.46. The Morgan fingerprint density at radius 1 is 1.29 bits per heavy atom. The van der Waals surface area contributed by atoms with Crippen LogP contribution in [0, 0.1) is 0 Å². The number of benzene rings is 1. The normalized spacial score (nSPS) is 21.0. The van der Waals surface area contributed by atoms with E-state index in [1.807, 2.05) is 0 Å². The Morgan fingerprint density at radius 3 is 2.65 bits per heavy atom. The zero-order valence-corrected chi connectivity index (χ0v) is 9.05. The fourth-order valence-corrected chi connectivity index (χ4v) is 2.30. The van der Waals surface area contributed by atoms with Crippen LogP contribution in [0.1, 0.15) is 18.4 Å². The number of carboxylic acids is 1. The maximum absolute atomic E-state index is 10.9. The van der Waals surface area contributed by atoms with Gasteiger partial charge in [0.1, 0.15) is 0 Å². The first kappa shape index (κ1) is 10.4. The number of ether oxygens (including phenoxy) is 2. The van der Waals surface area contributed by atoms with Gasteiger partial charge in [-0.2, -0.15) is 0 Å². The van der Waals surface area contributed by atoms with Crippen molar-refractivity contribution in [2.24, 2.45) is 0 Å². The van der Waals surface area contributed by atoms with Crippen molar-refractivity contribution >= 4 is 5.97 Å². The first-order valence-electron chi connectivity index (χ1n) is 5.44. The van der Waals surface area contributed by atoms with Gasteiger partial charge >= 0.3 is 5.97 Å². The molecule has 1 aliphatic carbocycles. The van der Waals surface area contributed by atoms with Crippen LogP contribution in [0.3, 0.4) is 0 Å². The average molecular weight is 236 g/mol. The lowest BCUT2D eigenvalue weighted by molar-refractivity contribution is -0.148. The van der Waals surface area contributed by atoms with E-state index in [9.17, 15) is 9.90 Å². The van der Waals surface area contributed by atoms with Gasteiger partial charge in [0.2, 0.25) is 6.79 Å². The molecule has 3 rings (SSSR count). The van der Waals surface area contributed by atoms with Crippen molar-refractivity contribution in [1.82, 2.24) is 0 Å². The molecule has 1 aromatic carbocycles. The lowest BCUT2D eigenvalue weighted by Crippen LogP contribution is -2.33. The summed E-state index contributed by atoms with van der Waals surface area (Å²) >= 11 is 0. The molecule has 1 heterocycles. The minimum Gasteiger partial charge on any atom is -0.479 e. The third kappa shape index (κ3) is 1.46. The fourth-order valence-electron chi connectivity index (χ4n) is 2.30. The molecule has 0 amide bonds. The minimum absolute atomic E-state index is 0.188. The molecule has 1 fully saturated rings. The summed E-state index contributed by atoms with van der Waals surface area (Å²) in [6, 6.07) is 5.32. The molecule has 0 spiro atoms. The highest BCUT2D eigenvalue weighted by Crippen LogP contribution is 2.52. The Bertz CT molecular complexity index is 478. The number of aliphatic hydroxyl groups excluding tert-OH is 1. The fraction of sp³-hybridized carbons (Fsp3) is 0.417. The van der Waals surface area contributed by atoms with E-state index in [0.717, 1.165) is 5.56 Å². The largest absolute Gasteiger partial charge is 0.479 e. The molecule has 1 atom stereocenters. The summed E-state index contributed by atoms with van der Waals surface area (Å²) in [6.45, 7) is 0.188. The Morgan fingerprint density at radius 2 is 2.00 bits per heavy atom. The summed E-state index contributed by atoms with van der Waals surface area (Å²) in [5, 5.41) is 18.7. The first-order valence-corrected chi connectivity index (χ1v) is 5.44. The second-order valence-electron chi connectivity index (χ2n) is 4.46. The van der Waals surface area contributed by atoms with Crippen LogP contribution in [0.15, 0.2) is 18.2 Å². The first-order chi connectivity index (χ1) is 8.13. The Balaban J connectivity index is 1.97. The molecular formula is C12H12O5. The van der Waals surface area contributed by atoms with Crippen molar-refractivity contribution in [1.29, 1.82) is 0 Å². The summed E-state index contributed by atoms with van der Waals surface area (Å²) in [4.78, 5) is 10.9. The van der Waals surface area contributed by atoms with Crippen LogP contribution in [0.25, 0.3) is 0 Å². The number of carboxylic acid groups (broad SMARTS) is 1. The average Bonchev–Trinajstić information content (AvgIpc) is 2.99. The van der Waals surface area contributed by atoms with E-state index in [0.29, 0.717) is 24.3 Å². The summed E-state index contributed by atoms with van der Waals surface area (Å²) in [5.74, 6) is 0.0981. The van der Waals surface area contributed by atoms with Gasteiger partial charge in [0.25, 0.3) is 0 Å². The van der Waals surface area contributed by atoms with Gasteiger partial charge in [-0.05, 0) is 30.5 Å². The predicted molar refractivity (Wildman–Crippen MR) is 57.1 cm³/mol. The van der Waals surface area contributed by atoms with E-state index in [1.165, 1.54) is 0 Å². The third-order valence-corrected chi connectivity index (χ3v) is 3.49. The maximum Gasteiger partial charge on any atom is 0.333 e. The molecule has 0 radical (unpaired) electrons. The van der Waals surface area contributed by atoms with Gasteiger partial charge in [0.15, 0.2) is 17.6 Å². The third-order valence-electron chi connectivity index (χ3n) is 3.49. The molecule has 17 heavy (non-hydrogen) atoms. The van der Waals surface area contributed by atoms with Crippen LogP contribution in [0.5, 0.6) is 11.5 Å². The van der Waals surface area contributed by atoms with Gasteiger partial charge in [0.05, 0.1) is 0 Å². The van der Waals surface area contributed by atoms with Crippen LogP contribution >= 0.6 is 0 Å². The highest BCUT2D eigenvalue weighted by Gasteiger charge is 2.53. The number of aliphatic carboxylic acids is 1. The Hall–Kier alpha value is -1.75. The van der Waals surface area contributed by atoms with Crippen LogP contribution in [0.4, 0.5) is 0 Å². The molecular weight excluding hydrogens is 224 g/mol. The topological polar surface area (TPSA) is 76.0 Å². The van der Waals surface area contributed by atoms with E-state index < -0.39 is 17.5 Å². The van der Waals surface area contributed by atoms with Crippen molar-refractivity contribution < 1.29 is 24.5 Å². The van der Waals surface area contributed by atoms with Crippen molar-refractivity contribution in [2.45, 2.75) is 24.4 Å². The van der Waals surface area contributed by atoms with Crippen molar-refractivity contribution in [3.8, 4) is 11.5 Å². The van der Waals surface area contributed by atoms with Gasteiger partial charge in [-0.25, -0.2) is 4.79 Å². The van der Waals surface area contributed by atoms with Gasteiger partial charge in [0, 0.05) is 5.41 Å². The number of rotatable bonds is 3. The molecule has 1 unspecified atom stereocenters. The monoisotopic (exact) mass is 236 g/mol. The molecule has 0 bridgehead atoms. The molecule has 90 valence electrons. The zero-order chi connectivity index (χ0) is 12.0. The maximum atomic E-state index is 10.9. The van der Waals surface area contributed by atoms with Crippen LogP contribution in [-0.4, -0.2) is 29.1 Å². The Kier molecular flexibility index (Phi) is 2.06. The van der Waals surface area contributed by atoms with Crippen molar-refractivity contribution in [2.75, 3.05) is 6.79 Å². The molecule has 2 N–H and O–H groups in total. The summed E-state index contributed by atoms with van der Waals surface area (Å²) in [6.07, 6.45) is 0.00288. The van der Waals surface area contributed by atoms with E-state index in [-0.39, 0.29) is 6.79 Å². The van der Waals surface area contributed by atoms with Crippen molar-refractivity contribution in [3.63, 3.8) is 0 Å². The molecule has 2 aliphatic rings. The number of hydrogen-bond acceptors (Lipinski definition) is 4. The summed E-state index contributed by atoms with van der Waals surface area (Å²) in [7, 11) is 0. The quantitative estimate of drug-likeness (QED) is 0.815.